The quantitative estimate of drug-likeness (QED) is 0.464. The lowest BCUT2D eigenvalue weighted by molar-refractivity contribution is -0.112. The van der Waals surface area contributed by atoms with Crippen LogP contribution in [0, 0.1) is 11.3 Å². The topological polar surface area (TPSA) is 56.1 Å². The van der Waals surface area contributed by atoms with Crippen LogP contribution < -0.4 is 10.2 Å². The summed E-state index contributed by atoms with van der Waals surface area (Å²) in [5.74, 6) is -0.149. The van der Waals surface area contributed by atoms with Gasteiger partial charge in [0, 0.05) is 34.0 Å². The highest BCUT2D eigenvalue weighted by Crippen LogP contribution is 2.44. The molecule has 1 aliphatic heterocycles. The Labute approximate surface area is 181 Å². The van der Waals surface area contributed by atoms with Crippen LogP contribution in [0.4, 0.5) is 11.4 Å². The van der Waals surface area contributed by atoms with Crippen molar-refractivity contribution in [1.29, 1.82) is 5.26 Å². The van der Waals surface area contributed by atoms with Gasteiger partial charge in [0.05, 0.1) is 0 Å². The van der Waals surface area contributed by atoms with E-state index in [4.69, 9.17) is 23.2 Å². The number of nitrogens with zero attached hydrogens (tertiary/aromatic N) is 2. The maximum atomic E-state index is 12.5. The van der Waals surface area contributed by atoms with Crippen molar-refractivity contribution in [3.8, 4) is 6.07 Å². The van der Waals surface area contributed by atoms with Gasteiger partial charge in [0.25, 0.3) is 5.91 Å². The smallest absolute Gasteiger partial charge is 0.266 e. The first-order valence-corrected chi connectivity index (χ1v) is 10.1. The van der Waals surface area contributed by atoms with Gasteiger partial charge in [-0.3, -0.25) is 4.79 Å². The molecule has 1 N–H and O–H groups in total. The standard InChI is InChI=1S/C23H23Cl2N3O/c1-14-12-23(2,3)28(4)21-11-20(25)15(10-19(14)21)9-16(13-26)22(29)27-18-7-5-17(24)6-8-18/h5-11,14H,12H2,1-4H3,(H,27,29)/b16-9-/t14-/m1/s1. The van der Waals surface area contributed by atoms with Crippen LogP contribution in [0.5, 0.6) is 0 Å². The van der Waals surface area contributed by atoms with Gasteiger partial charge in [0.2, 0.25) is 0 Å². The monoisotopic (exact) mass is 427 g/mol. The molecule has 0 fully saturated rings. The van der Waals surface area contributed by atoms with Gasteiger partial charge in [0.15, 0.2) is 0 Å². The SMILES string of the molecule is C[C@@H]1CC(C)(C)N(C)c2cc(Cl)c(/C=C(/C#N)C(=O)Nc3ccc(Cl)cc3)cc21. The molecule has 0 bridgehead atoms. The van der Waals surface area contributed by atoms with E-state index in [9.17, 15) is 10.1 Å². The molecule has 4 nitrogen and oxygen atoms in total. The van der Waals surface area contributed by atoms with Crippen LogP contribution in [0.3, 0.4) is 0 Å². The maximum Gasteiger partial charge on any atom is 0.266 e. The van der Waals surface area contributed by atoms with Crippen LogP contribution in [0.15, 0.2) is 42.0 Å². The van der Waals surface area contributed by atoms with Crippen molar-refractivity contribution in [2.75, 3.05) is 17.3 Å². The van der Waals surface area contributed by atoms with Gasteiger partial charge in [0.1, 0.15) is 11.6 Å². The van der Waals surface area contributed by atoms with Crippen LogP contribution >= 0.6 is 23.2 Å². The molecule has 0 aromatic heterocycles. The fourth-order valence-electron chi connectivity index (χ4n) is 3.75. The molecule has 0 radical (unpaired) electrons. The molecule has 29 heavy (non-hydrogen) atoms. The highest BCUT2D eigenvalue weighted by atomic mass is 35.5. The first-order valence-electron chi connectivity index (χ1n) is 9.38. The number of nitriles is 1. The van der Waals surface area contributed by atoms with E-state index in [0.717, 1.165) is 17.7 Å². The Bertz CT molecular complexity index is 1020. The van der Waals surface area contributed by atoms with Gasteiger partial charge in [-0.1, -0.05) is 30.1 Å². The number of halogens is 2. The molecule has 0 spiro atoms. The lowest BCUT2D eigenvalue weighted by Crippen LogP contribution is -2.45. The predicted octanol–water partition coefficient (Wildman–Crippen LogP) is 6.26. The number of rotatable bonds is 3. The first-order chi connectivity index (χ1) is 13.6. The number of fused-ring (bicyclic) bond motifs is 1. The van der Waals surface area contributed by atoms with Crippen molar-refractivity contribution in [3.63, 3.8) is 0 Å². The fraction of sp³-hybridized carbons (Fsp3) is 0.304. The minimum Gasteiger partial charge on any atom is -0.369 e. The second-order valence-corrected chi connectivity index (χ2v) is 8.88. The van der Waals surface area contributed by atoms with E-state index in [0.29, 0.717) is 27.2 Å². The van der Waals surface area contributed by atoms with E-state index in [1.165, 1.54) is 0 Å². The van der Waals surface area contributed by atoms with Crippen molar-refractivity contribution in [2.45, 2.75) is 38.6 Å². The molecule has 1 atom stereocenters. The van der Waals surface area contributed by atoms with Crippen LogP contribution in [0.1, 0.15) is 44.2 Å². The summed E-state index contributed by atoms with van der Waals surface area (Å²) in [5.41, 5.74) is 3.49. The zero-order valence-corrected chi connectivity index (χ0v) is 18.4. The van der Waals surface area contributed by atoms with Crippen molar-refractivity contribution in [2.24, 2.45) is 0 Å². The fourth-order valence-corrected chi connectivity index (χ4v) is 4.09. The molecule has 3 rings (SSSR count). The van der Waals surface area contributed by atoms with Crippen molar-refractivity contribution in [1.82, 2.24) is 0 Å². The second-order valence-electron chi connectivity index (χ2n) is 8.04. The number of anilines is 2. The largest absolute Gasteiger partial charge is 0.369 e. The highest BCUT2D eigenvalue weighted by molar-refractivity contribution is 6.32. The van der Waals surface area contributed by atoms with Gasteiger partial charge >= 0.3 is 0 Å². The Balaban J connectivity index is 1.94. The lowest BCUT2D eigenvalue weighted by Gasteiger charge is -2.45. The van der Waals surface area contributed by atoms with Crippen LogP contribution in [-0.2, 0) is 4.79 Å². The average molecular weight is 428 g/mol. The van der Waals surface area contributed by atoms with Crippen LogP contribution in [0.2, 0.25) is 10.0 Å². The molecule has 0 saturated heterocycles. The van der Waals surface area contributed by atoms with E-state index in [2.05, 4.69) is 38.0 Å². The third kappa shape index (κ3) is 4.42. The number of carbonyl (C=O) groups excluding carboxylic acids is 1. The summed E-state index contributed by atoms with van der Waals surface area (Å²) in [7, 11) is 2.07. The molecule has 2 aromatic rings. The van der Waals surface area contributed by atoms with Gasteiger partial charge in [-0.2, -0.15) is 5.26 Å². The summed E-state index contributed by atoms with van der Waals surface area (Å²) in [4.78, 5) is 14.8. The van der Waals surface area contributed by atoms with Gasteiger partial charge in [-0.15, -0.1) is 0 Å². The van der Waals surface area contributed by atoms with Crippen molar-refractivity contribution >= 4 is 46.6 Å². The zero-order valence-electron chi connectivity index (χ0n) is 16.9. The number of carbonyl (C=O) groups is 1. The lowest BCUT2D eigenvalue weighted by atomic mass is 9.80. The van der Waals surface area contributed by atoms with Crippen LogP contribution in [-0.4, -0.2) is 18.5 Å². The summed E-state index contributed by atoms with van der Waals surface area (Å²) >= 11 is 12.4. The van der Waals surface area contributed by atoms with Crippen LogP contribution in [0.25, 0.3) is 6.08 Å². The van der Waals surface area contributed by atoms with E-state index < -0.39 is 5.91 Å². The molecule has 1 aliphatic rings. The number of nitrogens with one attached hydrogen (secondary N) is 1. The average Bonchev–Trinajstić information content (AvgIpc) is 2.66. The molecule has 6 heteroatoms. The zero-order chi connectivity index (χ0) is 21.3. The molecular formula is C23H23Cl2N3O. The van der Waals surface area contributed by atoms with Crippen molar-refractivity contribution in [3.05, 3.63) is 63.1 Å². The molecule has 1 amide bonds. The Morgan fingerprint density at radius 2 is 1.93 bits per heavy atom. The van der Waals surface area contributed by atoms with E-state index in [-0.39, 0.29) is 11.1 Å². The summed E-state index contributed by atoms with van der Waals surface area (Å²) in [6.07, 6.45) is 2.55. The number of amides is 1. The third-order valence-corrected chi connectivity index (χ3v) is 6.10. The minimum atomic E-state index is -0.491. The third-order valence-electron chi connectivity index (χ3n) is 5.52. The first kappa shape index (κ1) is 21.2. The molecule has 0 saturated carbocycles. The number of benzene rings is 2. The molecule has 0 unspecified atom stereocenters. The van der Waals surface area contributed by atoms with Gasteiger partial charge in [-0.05, 0) is 79.8 Å². The predicted molar refractivity (Wildman–Crippen MR) is 121 cm³/mol. The molecular weight excluding hydrogens is 405 g/mol. The Morgan fingerprint density at radius 3 is 2.55 bits per heavy atom. The number of hydrogen-bond donors (Lipinski definition) is 1. The Hall–Kier alpha value is -2.48. The van der Waals surface area contributed by atoms with E-state index in [1.807, 2.05) is 18.2 Å². The van der Waals surface area contributed by atoms with Gasteiger partial charge < -0.3 is 10.2 Å². The van der Waals surface area contributed by atoms with Gasteiger partial charge in [-0.25, -0.2) is 0 Å². The molecule has 1 heterocycles. The molecule has 0 aliphatic carbocycles. The summed E-state index contributed by atoms with van der Waals surface area (Å²) in [6, 6.07) is 12.6. The number of hydrogen-bond acceptors (Lipinski definition) is 3. The van der Waals surface area contributed by atoms with Crippen molar-refractivity contribution < 1.29 is 4.79 Å². The normalized spacial score (nSPS) is 18.0. The van der Waals surface area contributed by atoms with E-state index >= 15 is 0 Å². The Kier molecular flexibility index (Phi) is 5.93. The minimum absolute atomic E-state index is 0.0149. The summed E-state index contributed by atoms with van der Waals surface area (Å²) < 4.78 is 0. The Morgan fingerprint density at radius 1 is 1.28 bits per heavy atom. The summed E-state index contributed by atoms with van der Waals surface area (Å²) in [5, 5.41) is 13.3. The maximum absolute atomic E-state index is 12.5. The molecule has 150 valence electrons. The summed E-state index contributed by atoms with van der Waals surface area (Å²) in [6.45, 7) is 6.61. The van der Waals surface area contributed by atoms with E-state index in [1.54, 1.807) is 30.3 Å². The second kappa shape index (κ2) is 8.10. The highest BCUT2D eigenvalue weighted by Gasteiger charge is 2.34. The molecule has 2 aromatic carbocycles.